The van der Waals surface area contributed by atoms with Crippen LogP contribution in [-0.4, -0.2) is 41.1 Å². The third-order valence-corrected chi connectivity index (χ3v) is 5.44. The first-order valence-corrected chi connectivity index (χ1v) is 9.58. The Bertz CT molecular complexity index is 950. The standard InChI is InChI=1S/C18H20N6O2S/c1-26-13-4-2-12(3-5-13)21-16(25)11-6-8-24(9-7-11)15-14-17(27-10-20-14)23-18(19)22-15/h2-5,10-11H,6-9H2,1H3,(H,21,25)(H2,19,22,23). The molecule has 1 fully saturated rings. The molecule has 1 aliphatic rings. The van der Waals surface area contributed by atoms with Gasteiger partial charge in [0.05, 0.1) is 12.6 Å². The van der Waals surface area contributed by atoms with Gasteiger partial charge in [-0.3, -0.25) is 4.79 Å². The molecule has 0 unspecified atom stereocenters. The zero-order valence-corrected chi connectivity index (χ0v) is 15.7. The van der Waals surface area contributed by atoms with E-state index in [4.69, 9.17) is 10.5 Å². The molecule has 3 aromatic rings. The monoisotopic (exact) mass is 384 g/mol. The number of anilines is 3. The summed E-state index contributed by atoms with van der Waals surface area (Å²) in [5.41, 5.74) is 9.12. The first-order chi connectivity index (χ1) is 13.1. The fraction of sp³-hybridized carbons (Fsp3) is 0.333. The molecule has 4 rings (SSSR count). The van der Waals surface area contributed by atoms with Crippen molar-refractivity contribution in [2.75, 3.05) is 36.1 Å². The van der Waals surface area contributed by atoms with Crippen LogP contribution < -0.4 is 20.7 Å². The number of nitrogen functional groups attached to an aromatic ring is 1. The van der Waals surface area contributed by atoms with Gasteiger partial charge in [0.25, 0.3) is 0 Å². The number of benzene rings is 1. The molecular formula is C18H20N6O2S. The molecule has 0 aliphatic carbocycles. The molecule has 1 saturated heterocycles. The van der Waals surface area contributed by atoms with Crippen LogP contribution in [-0.2, 0) is 4.79 Å². The van der Waals surface area contributed by atoms with Crippen LogP contribution >= 0.6 is 11.3 Å². The normalized spacial score (nSPS) is 15.1. The van der Waals surface area contributed by atoms with Crippen LogP contribution in [0.15, 0.2) is 29.8 Å². The number of hydrogen-bond donors (Lipinski definition) is 2. The molecule has 1 aromatic carbocycles. The van der Waals surface area contributed by atoms with Crippen molar-refractivity contribution >= 4 is 45.0 Å². The van der Waals surface area contributed by atoms with Gasteiger partial charge in [-0.15, -0.1) is 11.3 Å². The summed E-state index contributed by atoms with van der Waals surface area (Å²) in [7, 11) is 1.62. The van der Waals surface area contributed by atoms with Crippen molar-refractivity contribution in [3.05, 3.63) is 29.8 Å². The number of piperidine rings is 1. The lowest BCUT2D eigenvalue weighted by Crippen LogP contribution is -2.38. The molecule has 9 heteroatoms. The Kier molecular flexibility index (Phi) is 4.76. The molecule has 0 bridgehead atoms. The Morgan fingerprint density at radius 2 is 2.00 bits per heavy atom. The quantitative estimate of drug-likeness (QED) is 0.712. The van der Waals surface area contributed by atoms with E-state index in [-0.39, 0.29) is 17.8 Å². The van der Waals surface area contributed by atoms with E-state index in [0.29, 0.717) is 0 Å². The van der Waals surface area contributed by atoms with E-state index in [1.54, 1.807) is 12.6 Å². The molecule has 2 aromatic heterocycles. The highest BCUT2D eigenvalue weighted by molar-refractivity contribution is 7.16. The predicted molar refractivity (Wildman–Crippen MR) is 106 cm³/mol. The van der Waals surface area contributed by atoms with Gasteiger partial charge in [-0.05, 0) is 37.1 Å². The van der Waals surface area contributed by atoms with Crippen LogP contribution in [0, 0.1) is 5.92 Å². The Morgan fingerprint density at radius 1 is 1.26 bits per heavy atom. The van der Waals surface area contributed by atoms with Crippen molar-refractivity contribution in [2.24, 2.45) is 5.92 Å². The molecule has 0 radical (unpaired) electrons. The summed E-state index contributed by atoms with van der Waals surface area (Å²) in [6.07, 6.45) is 1.50. The first-order valence-electron chi connectivity index (χ1n) is 8.70. The Balaban J connectivity index is 1.40. The maximum absolute atomic E-state index is 12.6. The molecular weight excluding hydrogens is 364 g/mol. The Labute approximate surface area is 160 Å². The Morgan fingerprint density at radius 3 is 2.70 bits per heavy atom. The number of nitrogens with one attached hydrogen (secondary N) is 1. The zero-order valence-electron chi connectivity index (χ0n) is 14.9. The summed E-state index contributed by atoms with van der Waals surface area (Å²) in [4.78, 5) is 28.5. The summed E-state index contributed by atoms with van der Waals surface area (Å²) >= 11 is 1.45. The number of carbonyl (C=O) groups excluding carboxylic acids is 1. The zero-order chi connectivity index (χ0) is 18.8. The summed E-state index contributed by atoms with van der Waals surface area (Å²) < 4.78 is 5.14. The average Bonchev–Trinajstić information content (AvgIpc) is 3.16. The van der Waals surface area contributed by atoms with Gasteiger partial charge in [0, 0.05) is 24.7 Å². The maximum Gasteiger partial charge on any atom is 0.227 e. The summed E-state index contributed by atoms with van der Waals surface area (Å²) in [6, 6.07) is 7.34. The number of nitrogens with zero attached hydrogens (tertiary/aromatic N) is 4. The van der Waals surface area contributed by atoms with Crippen molar-refractivity contribution in [3.8, 4) is 5.75 Å². The number of thiazole rings is 1. The van der Waals surface area contributed by atoms with Crippen LogP contribution in [0.2, 0.25) is 0 Å². The lowest BCUT2D eigenvalue weighted by atomic mass is 9.95. The van der Waals surface area contributed by atoms with E-state index >= 15 is 0 Å². The predicted octanol–water partition coefficient (Wildman–Crippen LogP) is 2.53. The van der Waals surface area contributed by atoms with Crippen LogP contribution in [0.25, 0.3) is 10.3 Å². The van der Waals surface area contributed by atoms with E-state index in [1.165, 1.54) is 11.3 Å². The highest BCUT2D eigenvalue weighted by atomic mass is 32.1. The molecule has 3 N–H and O–H groups in total. The number of fused-ring (bicyclic) bond motifs is 1. The van der Waals surface area contributed by atoms with Crippen LogP contribution in [0.3, 0.4) is 0 Å². The molecule has 1 amide bonds. The molecule has 3 heterocycles. The smallest absolute Gasteiger partial charge is 0.227 e. The first kappa shape index (κ1) is 17.5. The molecule has 27 heavy (non-hydrogen) atoms. The van der Waals surface area contributed by atoms with Gasteiger partial charge in [0.2, 0.25) is 11.9 Å². The van der Waals surface area contributed by atoms with Gasteiger partial charge < -0.3 is 20.7 Å². The average molecular weight is 384 g/mol. The second-order valence-electron chi connectivity index (χ2n) is 6.39. The van der Waals surface area contributed by atoms with Crippen LogP contribution in [0.4, 0.5) is 17.5 Å². The molecule has 0 spiro atoms. The summed E-state index contributed by atoms with van der Waals surface area (Å²) in [6.45, 7) is 1.45. The van der Waals surface area contributed by atoms with E-state index in [0.717, 1.165) is 53.5 Å². The molecule has 0 saturated carbocycles. The number of amides is 1. The topological polar surface area (TPSA) is 106 Å². The fourth-order valence-electron chi connectivity index (χ4n) is 3.26. The third kappa shape index (κ3) is 3.63. The van der Waals surface area contributed by atoms with Crippen molar-refractivity contribution in [3.63, 3.8) is 0 Å². The number of hydrogen-bond acceptors (Lipinski definition) is 8. The van der Waals surface area contributed by atoms with Crippen molar-refractivity contribution < 1.29 is 9.53 Å². The van der Waals surface area contributed by atoms with Gasteiger partial charge in [-0.25, -0.2) is 9.97 Å². The number of methoxy groups -OCH3 is 1. The van der Waals surface area contributed by atoms with E-state index < -0.39 is 0 Å². The van der Waals surface area contributed by atoms with Crippen molar-refractivity contribution in [1.29, 1.82) is 0 Å². The van der Waals surface area contributed by atoms with Crippen molar-refractivity contribution in [1.82, 2.24) is 15.0 Å². The highest BCUT2D eigenvalue weighted by Gasteiger charge is 2.27. The minimum Gasteiger partial charge on any atom is -0.497 e. The van der Waals surface area contributed by atoms with Gasteiger partial charge >= 0.3 is 0 Å². The lowest BCUT2D eigenvalue weighted by Gasteiger charge is -2.32. The molecule has 0 atom stereocenters. The summed E-state index contributed by atoms with van der Waals surface area (Å²) in [5, 5.41) is 2.98. The van der Waals surface area contributed by atoms with E-state index in [2.05, 4.69) is 25.2 Å². The number of carbonyl (C=O) groups is 1. The number of nitrogens with two attached hydrogens (primary N) is 1. The number of aromatic nitrogens is 3. The van der Waals surface area contributed by atoms with Gasteiger partial charge in [0.1, 0.15) is 11.3 Å². The highest BCUT2D eigenvalue weighted by Crippen LogP contribution is 2.30. The van der Waals surface area contributed by atoms with Gasteiger partial charge in [-0.2, -0.15) is 4.98 Å². The minimum atomic E-state index is -0.0338. The van der Waals surface area contributed by atoms with E-state index in [1.807, 2.05) is 24.3 Å². The third-order valence-electron chi connectivity index (χ3n) is 4.72. The van der Waals surface area contributed by atoms with Crippen LogP contribution in [0.1, 0.15) is 12.8 Å². The number of ether oxygens (including phenoxy) is 1. The molecule has 140 valence electrons. The van der Waals surface area contributed by atoms with Crippen molar-refractivity contribution in [2.45, 2.75) is 12.8 Å². The largest absolute Gasteiger partial charge is 0.497 e. The van der Waals surface area contributed by atoms with Crippen LogP contribution in [0.5, 0.6) is 5.75 Å². The SMILES string of the molecule is COc1ccc(NC(=O)C2CCN(c3nc(N)nc4scnc34)CC2)cc1. The summed E-state index contributed by atoms with van der Waals surface area (Å²) in [5.74, 6) is 1.78. The van der Waals surface area contributed by atoms with Gasteiger partial charge in [0.15, 0.2) is 10.6 Å². The molecule has 1 aliphatic heterocycles. The van der Waals surface area contributed by atoms with E-state index in [9.17, 15) is 4.79 Å². The van der Waals surface area contributed by atoms with Gasteiger partial charge in [-0.1, -0.05) is 0 Å². The fourth-order valence-corrected chi connectivity index (χ4v) is 3.92. The second-order valence-corrected chi connectivity index (χ2v) is 7.22. The minimum absolute atomic E-state index is 0.0338. The second kappa shape index (κ2) is 7.36. The molecule has 8 nitrogen and oxygen atoms in total. The Hall–Kier alpha value is -2.94. The lowest BCUT2D eigenvalue weighted by molar-refractivity contribution is -0.120. The maximum atomic E-state index is 12.6. The number of rotatable bonds is 4.